The van der Waals surface area contributed by atoms with Crippen LogP contribution in [0, 0.1) is 11.8 Å². The molecule has 0 aromatic heterocycles. The molecule has 2 atom stereocenters. The van der Waals surface area contributed by atoms with Crippen LogP contribution in [0.25, 0.3) is 0 Å². The van der Waals surface area contributed by atoms with Crippen LogP contribution >= 0.6 is 0 Å². The highest BCUT2D eigenvalue weighted by molar-refractivity contribution is 5.20. The van der Waals surface area contributed by atoms with E-state index in [-0.39, 0.29) is 6.10 Å². The zero-order chi connectivity index (χ0) is 12.1. The Bertz CT molecular complexity index is 263. The van der Waals surface area contributed by atoms with E-state index in [9.17, 15) is 5.11 Å². The molecular weight excluding hydrogens is 196 g/mol. The fourth-order valence-electron chi connectivity index (χ4n) is 2.56. The van der Waals surface area contributed by atoms with E-state index in [4.69, 9.17) is 0 Å². The summed E-state index contributed by atoms with van der Waals surface area (Å²) in [6.45, 7) is 10.5. The molecule has 1 rings (SSSR count). The van der Waals surface area contributed by atoms with Crippen molar-refractivity contribution in [2.24, 2.45) is 11.8 Å². The van der Waals surface area contributed by atoms with Crippen LogP contribution in [0.5, 0.6) is 0 Å². The third kappa shape index (κ3) is 3.48. The summed E-state index contributed by atoms with van der Waals surface area (Å²) in [5.41, 5.74) is 2.74. The number of aliphatic hydroxyl groups is 1. The molecule has 1 aliphatic rings. The average Bonchev–Trinajstić information content (AvgIpc) is 2.26. The van der Waals surface area contributed by atoms with Crippen LogP contribution in [-0.4, -0.2) is 11.2 Å². The molecule has 0 heterocycles. The standard InChI is InChI=1S/C15H26O/c1-5-6-7-15(16)14-10-13(11(2)3)9-8-12(14)4/h5,11,13,15-16H,1,6-10H2,2-4H3. The largest absolute Gasteiger partial charge is 0.389 e. The Morgan fingerprint density at radius 3 is 2.75 bits per heavy atom. The van der Waals surface area contributed by atoms with Crippen molar-refractivity contribution in [3.8, 4) is 0 Å². The van der Waals surface area contributed by atoms with E-state index < -0.39 is 0 Å². The SMILES string of the molecule is C=CCCC(O)C1=C(C)CCC(C(C)C)C1. The van der Waals surface area contributed by atoms with Crippen LogP contribution in [0.4, 0.5) is 0 Å². The monoisotopic (exact) mass is 222 g/mol. The fourth-order valence-corrected chi connectivity index (χ4v) is 2.56. The first-order valence-electron chi connectivity index (χ1n) is 6.53. The molecule has 16 heavy (non-hydrogen) atoms. The summed E-state index contributed by atoms with van der Waals surface area (Å²) in [5, 5.41) is 10.2. The fraction of sp³-hybridized carbons (Fsp3) is 0.733. The maximum Gasteiger partial charge on any atom is 0.0755 e. The van der Waals surface area contributed by atoms with Gasteiger partial charge in [-0.05, 0) is 56.4 Å². The molecule has 0 fully saturated rings. The predicted molar refractivity (Wildman–Crippen MR) is 70.3 cm³/mol. The first-order chi connectivity index (χ1) is 7.56. The zero-order valence-corrected chi connectivity index (χ0v) is 11.0. The van der Waals surface area contributed by atoms with E-state index in [0.717, 1.165) is 31.1 Å². The summed E-state index contributed by atoms with van der Waals surface area (Å²) in [6, 6.07) is 0. The van der Waals surface area contributed by atoms with E-state index in [0.29, 0.717) is 0 Å². The van der Waals surface area contributed by atoms with Crippen LogP contribution in [0.3, 0.4) is 0 Å². The second-order valence-electron chi connectivity index (χ2n) is 5.43. The molecule has 2 unspecified atom stereocenters. The Kier molecular flexibility index (Phi) is 5.27. The van der Waals surface area contributed by atoms with Crippen LogP contribution in [-0.2, 0) is 0 Å². The van der Waals surface area contributed by atoms with Crippen molar-refractivity contribution in [2.45, 2.75) is 59.0 Å². The van der Waals surface area contributed by atoms with Gasteiger partial charge in [-0.15, -0.1) is 6.58 Å². The van der Waals surface area contributed by atoms with Gasteiger partial charge in [0.25, 0.3) is 0 Å². The maximum atomic E-state index is 10.2. The second kappa shape index (κ2) is 6.24. The molecule has 0 saturated carbocycles. The number of hydrogen-bond acceptors (Lipinski definition) is 1. The molecule has 0 aliphatic heterocycles. The topological polar surface area (TPSA) is 20.2 Å². The number of hydrogen-bond donors (Lipinski definition) is 1. The summed E-state index contributed by atoms with van der Waals surface area (Å²) in [5.74, 6) is 1.49. The summed E-state index contributed by atoms with van der Waals surface area (Å²) in [4.78, 5) is 0. The minimum Gasteiger partial charge on any atom is -0.389 e. The molecule has 1 heteroatoms. The molecule has 1 aliphatic carbocycles. The van der Waals surface area contributed by atoms with Crippen molar-refractivity contribution in [1.29, 1.82) is 0 Å². The highest BCUT2D eigenvalue weighted by atomic mass is 16.3. The van der Waals surface area contributed by atoms with Gasteiger partial charge in [-0.1, -0.05) is 25.5 Å². The third-order valence-corrected chi connectivity index (χ3v) is 3.91. The van der Waals surface area contributed by atoms with Crippen LogP contribution in [0.2, 0.25) is 0 Å². The molecule has 0 radical (unpaired) electrons. The van der Waals surface area contributed by atoms with Crippen molar-refractivity contribution in [1.82, 2.24) is 0 Å². The molecule has 0 spiro atoms. The average molecular weight is 222 g/mol. The Morgan fingerprint density at radius 2 is 2.19 bits per heavy atom. The van der Waals surface area contributed by atoms with E-state index >= 15 is 0 Å². The highest BCUT2D eigenvalue weighted by Crippen LogP contribution is 2.35. The molecule has 0 amide bonds. The predicted octanol–water partition coefficient (Wildman–Crippen LogP) is 4.09. The van der Waals surface area contributed by atoms with E-state index in [1.54, 1.807) is 0 Å². The van der Waals surface area contributed by atoms with Gasteiger partial charge in [-0.25, -0.2) is 0 Å². The maximum absolute atomic E-state index is 10.2. The van der Waals surface area contributed by atoms with Gasteiger partial charge in [0.15, 0.2) is 0 Å². The minimum absolute atomic E-state index is 0.237. The van der Waals surface area contributed by atoms with Gasteiger partial charge in [0, 0.05) is 0 Å². The third-order valence-electron chi connectivity index (χ3n) is 3.91. The molecular formula is C15H26O. The van der Waals surface area contributed by atoms with Gasteiger partial charge < -0.3 is 5.11 Å². The first kappa shape index (κ1) is 13.5. The van der Waals surface area contributed by atoms with Crippen molar-refractivity contribution in [3.05, 3.63) is 23.8 Å². The van der Waals surface area contributed by atoms with E-state index in [1.165, 1.54) is 24.0 Å². The number of allylic oxidation sites excluding steroid dienone is 2. The summed E-state index contributed by atoms with van der Waals surface area (Å²) >= 11 is 0. The summed E-state index contributed by atoms with van der Waals surface area (Å²) < 4.78 is 0. The van der Waals surface area contributed by atoms with Gasteiger partial charge in [-0.3, -0.25) is 0 Å². The van der Waals surface area contributed by atoms with Crippen LogP contribution < -0.4 is 0 Å². The lowest BCUT2D eigenvalue weighted by Gasteiger charge is -2.31. The molecule has 0 saturated heterocycles. The van der Waals surface area contributed by atoms with Gasteiger partial charge >= 0.3 is 0 Å². The minimum atomic E-state index is -0.237. The molecule has 1 N–H and O–H groups in total. The lowest BCUT2D eigenvalue weighted by molar-refractivity contribution is 0.182. The van der Waals surface area contributed by atoms with Crippen molar-refractivity contribution in [2.75, 3.05) is 0 Å². The summed E-state index contributed by atoms with van der Waals surface area (Å²) in [6.07, 6.45) is 6.96. The quantitative estimate of drug-likeness (QED) is 0.695. The van der Waals surface area contributed by atoms with Crippen LogP contribution in [0.15, 0.2) is 23.8 Å². The van der Waals surface area contributed by atoms with Crippen molar-refractivity contribution < 1.29 is 5.11 Å². The first-order valence-corrected chi connectivity index (χ1v) is 6.53. The van der Waals surface area contributed by atoms with Crippen LogP contribution in [0.1, 0.15) is 52.9 Å². The van der Waals surface area contributed by atoms with Gasteiger partial charge in [-0.2, -0.15) is 0 Å². The molecule has 0 aromatic carbocycles. The number of aliphatic hydroxyl groups excluding tert-OH is 1. The van der Waals surface area contributed by atoms with Crippen molar-refractivity contribution in [3.63, 3.8) is 0 Å². The number of rotatable bonds is 5. The highest BCUT2D eigenvalue weighted by Gasteiger charge is 2.24. The van der Waals surface area contributed by atoms with Crippen molar-refractivity contribution >= 4 is 0 Å². The van der Waals surface area contributed by atoms with E-state index in [2.05, 4.69) is 27.4 Å². The zero-order valence-electron chi connectivity index (χ0n) is 11.0. The lowest BCUT2D eigenvalue weighted by Crippen LogP contribution is -2.22. The summed E-state index contributed by atoms with van der Waals surface area (Å²) in [7, 11) is 0. The Morgan fingerprint density at radius 1 is 1.50 bits per heavy atom. The molecule has 92 valence electrons. The molecule has 1 nitrogen and oxygen atoms in total. The molecule has 0 aromatic rings. The Labute approximate surface area is 100 Å². The van der Waals surface area contributed by atoms with Gasteiger partial charge in [0.1, 0.15) is 0 Å². The smallest absolute Gasteiger partial charge is 0.0755 e. The molecule has 0 bridgehead atoms. The van der Waals surface area contributed by atoms with E-state index in [1.807, 2.05) is 6.08 Å². The normalized spacial score (nSPS) is 23.7. The second-order valence-corrected chi connectivity index (χ2v) is 5.43. The Balaban J connectivity index is 2.64. The lowest BCUT2D eigenvalue weighted by atomic mass is 9.76. The Hall–Kier alpha value is -0.560. The van der Waals surface area contributed by atoms with Gasteiger partial charge in [0.05, 0.1) is 6.10 Å². The van der Waals surface area contributed by atoms with Gasteiger partial charge in [0.2, 0.25) is 0 Å².